The number of carbonyl (C=O) groups is 12. The number of hydrogen-bond donors (Lipinski definition) is 8. The van der Waals surface area contributed by atoms with Crippen LogP contribution in [-0.4, -0.2) is 134 Å². The van der Waals surface area contributed by atoms with E-state index in [0.717, 1.165) is 20.6 Å². The number of rotatable bonds is 12. The van der Waals surface area contributed by atoms with Gasteiger partial charge in [0.25, 0.3) is 5.91 Å². The van der Waals surface area contributed by atoms with E-state index in [1.165, 1.54) is 77.6 Å². The van der Waals surface area contributed by atoms with E-state index in [-0.39, 0.29) is 89.6 Å². The first-order valence-corrected chi connectivity index (χ1v) is 30.4. The van der Waals surface area contributed by atoms with E-state index in [1.807, 2.05) is 13.0 Å². The molecule has 11 aromatic rings. The summed E-state index contributed by atoms with van der Waals surface area (Å²) < 4.78 is 54.9. The first-order chi connectivity index (χ1) is 51.9. The maximum atomic E-state index is 12.8. The number of aromatic hydroxyl groups is 3. The Kier molecular flexibility index (Phi) is 20.1. The predicted octanol–water partition coefficient (Wildman–Crippen LogP) is 12.0. The van der Waals surface area contributed by atoms with Gasteiger partial charge in [0.15, 0.2) is 17.3 Å². The van der Waals surface area contributed by atoms with Crippen molar-refractivity contribution in [3.05, 3.63) is 254 Å². The number of nitrogens with zero attached hydrogens (tertiary/aromatic N) is 2. The van der Waals surface area contributed by atoms with Gasteiger partial charge >= 0.3 is 23.9 Å². The summed E-state index contributed by atoms with van der Waals surface area (Å²) in [5, 5.41) is 46.4. The summed E-state index contributed by atoms with van der Waals surface area (Å²) in [7, 11) is 3.86. The number of ether oxygens (including phenoxy) is 3. The van der Waals surface area contributed by atoms with Crippen LogP contribution < -0.4 is 15.5 Å². The Morgan fingerprint density at radius 1 is 0.490 bits per heavy atom. The second kappa shape index (κ2) is 30.9. The minimum Gasteiger partial charge on any atom is -0.494 e. The zero-order valence-corrected chi connectivity index (χ0v) is 54.2. The van der Waals surface area contributed by atoms with Gasteiger partial charge < -0.3 is 55.2 Å². The number of H-pyrrole nitrogens is 2. The van der Waals surface area contributed by atoms with Crippen LogP contribution in [0.3, 0.4) is 0 Å². The summed E-state index contributed by atoms with van der Waals surface area (Å²) in [6.07, 6.45) is 0.577. The molecule has 3 aromatic heterocycles. The van der Waals surface area contributed by atoms with Crippen molar-refractivity contribution in [1.29, 1.82) is 0 Å². The molecular formula is C75H74N6O19. The van der Waals surface area contributed by atoms with Gasteiger partial charge in [0.1, 0.15) is 0 Å². The summed E-state index contributed by atoms with van der Waals surface area (Å²) >= 11 is 0. The standard InChI is InChI=1S/C19H15NO5.C18H16N2O3.C16H11NO4.C12H11NO4.C10H9NO3.6H2/c1-11(21)20-15-10-13(19(24)25-2)8-9-14(15)16(18(20)23)17(22)12-6-4-3-5-7-12;1-2-19-17(22)12-8-9-13-14(10-12)20-18(23)15(13)16(21)11-6-4-3-5-7-11;18-14(9-4-2-1-3-5-9)13-11-7-6-10(16(20)21)8-12(11)17-15(13)19;1-7(14)13-10-5-9(12(16)17-2)4-3-8(10)6-11(13)15;1-14-10(13)7-3-2-6-5-9(12)11-8(6)4-7;;;;;;/h3-10,23H,1-2H3;3-10,20,23H,2H2,1H3,(H,19,22);1-8,17,19H,(H,20,21);3-5H,6H2,1-2H3;2-4H,5H2,1H3,(H,11,12);6*1H/i;;;;;4*1+1D;2*1+1. The van der Waals surface area contributed by atoms with Crippen molar-refractivity contribution in [3.63, 3.8) is 0 Å². The van der Waals surface area contributed by atoms with Crippen LogP contribution >= 0.6 is 0 Å². The van der Waals surface area contributed by atoms with Gasteiger partial charge in [0.2, 0.25) is 41.3 Å². The van der Waals surface area contributed by atoms with E-state index < -0.39 is 41.4 Å². The number of carbonyl (C=O) groups excluding carboxylic acids is 11. The van der Waals surface area contributed by atoms with Crippen molar-refractivity contribution >= 4 is 115 Å². The number of aromatic nitrogens is 3. The number of fused-ring (bicyclic) bond motifs is 5. The molecule has 8 N–H and O–H groups in total. The molecule has 25 nitrogen and oxygen atoms in total. The summed E-state index contributed by atoms with van der Waals surface area (Å²) in [4.78, 5) is 147. The fraction of sp³-hybridized carbons (Fsp3) is 0.120. The maximum absolute atomic E-state index is 12.8. The number of aromatic amines is 2. The molecule has 5 heterocycles. The third kappa shape index (κ3) is 15.2. The van der Waals surface area contributed by atoms with Crippen molar-refractivity contribution in [2.75, 3.05) is 38.1 Å². The third-order valence-electron chi connectivity index (χ3n) is 15.7. The molecule has 100 heavy (non-hydrogen) atoms. The van der Waals surface area contributed by atoms with Gasteiger partial charge in [-0.05, 0) is 78.7 Å². The summed E-state index contributed by atoms with van der Waals surface area (Å²) in [5.74, 6) is -5.75. The molecule has 0 spiro atoms. The zero-order valence-electron chi connectivity index (χ0n) is 62.2. The number of aromatic carboxylic acids is 1. The molecule has 0 bridgehead atoms. The predicted molar refractivity (Wildman–Crippen MR) is 378 cm³/mol. The van der Waals surface area contributed by atoms with Gasteiger partial charge in [-0.2, -0.15) is 0 Å². The normalized spacial score (nSPS) is 11.8. The molecule has 518 valence electrons. The quantitative estimate of drug-likeness (QED) is 0.0320. The fourth-order valence-corrected chi connectivity index (χ4v) is 11.0. The minimum atomic E-state index is -1.07. The molecular weight excluding hydrogens is 1290 g/mol. The summed E-state index contributed by atoms with van der Waals surface area (Å²) in [6, 6.07) is 49.3. The Bertz CT molecular complexity index is 5160. The molecule has 0 fully saturated rings. The number of ketones is 3. The number of methoxy groups -OCH3 is 3. The Labute approximate surface area is 583 Å². The largest absolute Gasteiger partial charge is 0.494 e. The number of imide groups is 1. The molecule has 2 aliphatic rings. The van der Waals surface area contributed by atoms with E-state index in [9.17, 15) is 72.9 Å². The molecule has 13 rings (SSSR count). The van der Waals surface area contributed by atoms with Crippen molar-refractivity contribution < 1.29 is 107 Å². The molecule has 8 aromatic carbocycles. The van der Waals surface area contributed by atoms with Crippen LogP contribution in [-0.2, 0) is 41.4 Å². The highest BCUT2D eigenvalue weighted by atomic mass is 16.5. The Balaban J connectivity index is 0.000000350. The van der Waals surface area contributed by atoms with Gasteiger partial charge in [0.05, 0.1) is 84.3 Å². The van der Waals surface area contributed by atoms with Crippen LogP contribution in [0.2, 0.25) is 0 Å². The van der Waals surface area contributed by atoms with Gasteiger partial charge in [-0.3, -0.25) is 47.8 Å². The average Bonchev–Trinajstić information content (AvgIpc) is 1.60. The van der Waals surface area contributed by atoms with Crippen molar-refractivity contribution in [2.24, 2.45) is 0 Å². The molecule has 2 aliphatic heterocycles. The SMILES string of the molecule is CCNC(=O)c1ccc2c(C(=O)c3ccccc3)c(O)[nH]c2c1.COC(=O)c1ccc2c(C(=O)c3ccccc3)c(O)n(C(C)=O)c2c1.COC(=O)c1ccc2c(c1)N(C(C)=O)C(=O)C2.COC(=O)c1ccc2c(c1)NC(=O)C2.O=C(O)c1ccc2c(C(=O)c3ccccc3)c(O)[nH]c2c1.[2HH].[2HH].[2H][2H].[2H][2H].[2H][2H].[2H][2H]. The number of amides is 4. The molecule has 0 atom stereocenters. The van der Waals surface area contributed by atoms with Crippen molar-refractivity contribution in [2.45, 2.75) is 33.6 Å². The van der Waals surface area contributed by atoms with Gasteiger partial charge in [-0.1, -0.05) is 121 Å². The van der Waals surface area contributed by atoms with Crippen LogP contribution in [0.4, 0.5) is 11.4 Å². The summed E-state index contributed by atoms with van der Waals surface area (Å²) in [6.45, 7) is 4.96. The molecule has 0 aliphatic carbocycles. The number of nitrogens with one attached hydrogen (secondary N) is 4. The highest BCUT2D eigenvalue weighted by Crippen LogP contribution is 2.36. The van der Waals surface area contributed by atoms with Gasteiger partial charge in [-0.15, -0.1) is 0 Å². The van der Waals surface area contributed by atoms with Crippen LogP contribution in [0, 0.1) is 0 Å². The number of esters is 3. The summed E-state index contributed by atoms with van der Waals surface area (Å²) in [5.41, 5.74) is 7.35. The highest BCUT2D eigenvalue weighted by molar-refractivity contribution is 6.22. The number of carboxylic acid groups (broad SMARTS) is 1. The van der Waals surface area contributed by atoms with Gasteiger partial charge in [-0.25, -0.2) is 19.2 Å². The highest BCUT2D eigenvalue weighted by Gasteiger charge is 2.32. The topological polar surface area (TPSA) is 377 Å². The monoisotopic (exact) mass is 1370 g/mol. The lowest BCUT2D eigenvalue weighted by Crippen LogP contribution is -2.31. The number of benzene rings is 8. The van der Waals surface area contributed by atoms with E-state index in [0.29, 0.717) is 84.9 Å². The number of hydrogen-bond acceptors (Lipinski definition) is 18. The van der Waals surface area contributed by atoms with Crippen LogP contribution in [0.15, 0.2) is 182 Å². The van der Waals surface area contributed by atoms with E-state index in [1.54, 1.807) is 133 Å². The first-order valence-electron chi connectivity index (χ1n) is 34.4. The number of carboxylic acids is 1. The molecule has 0 saturated carbocycles. The van der Waals surface area contributed by atoms with Crippen molar-refractivity contribution in [3.8, 4) is 17.6 Å². The second-order valence-electron chi connectivity index (χ2n) is 22.1. The van der Waals surface area contributed by atoms with E-state index in [2.05, 4.69) is 34.8 Å². The fourth-order valence-electron chi connectivity index (χ4n) is 11.0. The third-order valence-corrected chi connectivity index (χ3v) is 15.7. The molecule has 4 amide bonds. The van der Waals surface area contributed by atoms with Crippen LogP contribution in [0.1, 0.15) is 151 Å². The maximum Gasteiger partial charge on any atom is 0.337 e. The smallest absolute Gasteiger partial charge is 0.337 e. The average molecular weight is 1370 g/mol. The minimum absolute atomic E-state index is 0. The second-order valence-corrected chi connectivity index (χ2v) is 22.1. The lowest BCUT2D eigenvalue weighted by atomic mass is 10.0. The van der Waals surface area contributed by atoms with E-state index >= 15 is 0 Å². The molecule has 25 heteroatoms. The van der Waals surface area contributed by atoms with Crippen molar-refractivity contribution in [1.82, 2.24) is 19.9 Å². The van der Waals surface area contributed by atoms with E-state index in [4.69, 9.17) is 17.0 Å². The molecule has 0 radical (unpaired) electrons. The van der Waals surface area contributed by atoms with Crippen LogP contribution in [0.5, 0.6) is 17.6 Å². The zero-order chi connectivity index (χ0) is 80.2. The number of anilines is 2. The lowest BCUT2D eigenvalue weighted by Gasteiger charge is -2.13. The Hall–Kier alpha value is -13.6. The Morgan fingerprint density at radius 2 is 0.920 bits per heavy atom. The molecule has 0 unspecified atom stereocenters. The Morgan fingerprint density at radius 3 is 1.39 bits per heavy atom. The lowest BCUT2D eigenvalue weighted by molar-refractivity contribution is -0.124. The molecule has 0 saturated heterocycles. The van der Waals surface area contributed by atoms with Gasteiger partial charge in [0, 0.05) is 90.3 Å². The first kappa shape index (κ1) is 65.1. The van der Waals surface area contributed by atoms with Crippen LogP contribution in [0.25, 0.3) is 32.7 Å².